The molecule has 1 aromatic heterocycles. The summed E-state index contributed by atoms with van der Waals surface area (Å²) >= 11 is 5.92. The van der Waals surface area contributed by atoms with E-state index in [4.69, 9.17) is 16.7 Å². The summed E-state index contributed by atoms with van der Waals surface area (Å²) in [6.45, 7) is 0. The summed E-state index contributed by atoms with van der Waals surface area (Å²) in [6.07, 6.45) is 3.03. The minimum atomic E-state index is -1.32. The average molecular weight is 294 g/mol. The van der Waals surface area contributed by atoms with Gasteiger partial charge in [-0.05, 0) is 12.1 Å². The molecule has 0 fully saturated rings. The Kier molecular flexibility index (Phi) is 3.81. The third-order valence-corrected chi connectivity index (χ3v) is 2.75. The van der Waals surface area contributed by atoms with E-state index in [0.717, 1.165) is 12.1 Å². The van der Waals surface area contributed by atoms with Crippen molar-refractivity contribution < 1.29 is 14.8 Å². The van der Waals surface area contributed by atoms with E-state index in [1.54, 1.807) is 18.3 Å². The molecule has 0 saturated heterocycles. The molecule has 0 spiro atoms. The molecular weight excluding hydrogens is 286 g/mol. The predicted molar refractivity (Wildman–Crippen MR) is 72.6 cm³/mol. The van der Waals surface area contributed by atoms with Gasteiger partial charge in [-0.25, -0.2) is 4.79 Å². The largest absolute Gasteiger partial charge is 0.478 e. The van der Waals surface area contributed by atoms with Crippen molar-refractivity contribution in [3.63, 3.8) is 0 Å². The monoisotopic (exact) mass is 293 g/mol. The highest BCUT2D eigenvalue weighted by atomic mass is 35.5. The van der Waals surface area contributed by atoms with Crippen LogP contribution in [0.2, 0.25) is 5.02 Å². The summed E-state index contributed by atoms with van der Waals surface area (Å²) < 4.78 is 0. The molecule has 8 heteroatoms. The molecule has 0 amide bonds. The van der Waals surface area contributed by atoms with Gasteiger partial charge in [-0.3, -0.25) is 15.1 Å². The number of benzene rings is 1. The number of rotatable bonds is 4. The van der Waals surface area contributed by atoms with Crippen molar-refractivity contribution in [3.05, 3.63) is 57.4 Å². The number of nitrogens with zero attached hydrogens (tertiary/aromatic N) is 2. The van der Waals surface area contributed by atoms with E-state index in [-0.39, 0.29) is 22.0 Å². The minimum absolute atomic E-state index is 0.0551. The smallest absolute Gasteiger partial charge is 0.338 e. The Balaban J connectivity index is 2.51. The molecule has 7 nitrogen and oxygen atoms in total. The van der Waals surface area contributed by atoms with E-state index in [1.165, 1.54) is 6.20 Å². The molecule has 0 bridgehead atoms. The highest BCUT2D eigenvalue weighted by Crippen LogP contribution is 2.33. The average Bonchev–Trinajstić information content (AvgIpc) is 2.41. The molecule has 0 unspecified atom stereocenters. The number of hydrogen-bond donors (Lipinski definition) is 2. The number of carboxylic acids is 1. The number of aromatic nitrogens is 1. The number of aromatic carboxylic acids is 1. The van der Waals surface area contributed by atoms with E-state index in [1.807, 2.05) is 0 Å². The van der Waals surface area contributed by atoms with Gasteiger partial charge in [-0.1, -0.05) is 11.6 Å². The molecule has 0 atom stereocenters. The van der Waals surface area contributed by atoms with Crippen LogP contribution in [0.3, 0.4) is 0 Å². The summed E-state index contributed by atoms with van der Waals surface area (Å²) in [7, 11) is 0. The summed E-state index contributed by atoms with van der Waals surface area (Å²) in [5, 5.41) is 22.6. The topological polar surface area (TPSA) is 105 Å². The lowest BCUT2D eigenvalue weighted by atomic mass is 10.1. The molecule has 2 N–H and O–H groups in total. The van der Waals surface area contributed by atoms with Gasteiger partial charge in [0.2, 0.25) is 0 Å². The van der Waals surface area contributed by atoms with Crippen LogP contribution in [0.5, 0.6) is 0 Å². The van der Waals surface area contributed by atoms with Gasteiger partial charge >= 0.3 is 5.97 Å². The van der Waals surface area contributed by atoms with Crippen LogP contribution in [-0.2, 0) is 0 Å². The lowest BCUT2D eigenvalue weighted by molar-refractivity contribution is -0.384. The van der Waals surface area contributed by atoms with Crippen LogP contribution in [0.4, 0.5) is 17.1 Å². The Hall–Kier alpha value is -2.67. The first-order chi connectivity index (χ1) is 9.49. The van der Waals surface area contributed by atoms with Crippen LogP contribution < -0.4 is 5.32 Å². The summed E-state index contributed by atoms with van der Waals surface area (Å²) in [5.74, 6) is -1.32. The van der Waals surface area contributed by atoms with Crippen molar-refractivity contribution in [2.45, 2.75) is 0 Å². The van der Waals surface area contributed by atoms with E-state index < -0.39 is 10.9 Å². The van der Waals surface area contributed by atoms with E-state index in [2.05, 4.69) is 10.3 Å². The molecule has 1 heterocycles. The van der Waals surface area contributed by atoms with Crippen molar-refractivity contribution in [1.29, 1.82) is 0 Å². The first kappa shape index (κ1) is 13.8. The quantitative estimate of drug-likeness (QED) is 0.663. The number of anilines is 2. The van der Waals surface area contributed by atoms with Gasteiger partial charge < -0.3 is 10.4 Å². The Morgan fingerprint density at radius 1 is 1.45 bits per heavy atom. The van der Waals surface area contributed by atoms with Crippen LogP contribution in [0.1, 0.15) is 10.4 Å². The lowest BCUT2D eigenvalue weighted by Crippen LogP contribution is -2.05. The first-order valence-corrected chi connectivity index (χ1v) is 5.75. The molecule has 102 valence electrons. The predicted octanol–water partition coefficient (Wildman–Crippen LogP) is 3.09. The fourth-order valence-corrected chi connectivity index (χ4v) is 1.84. The zero-order valence-corrected chi connectivity index (χ0v) is 10.7. The fourth-order valence-electron chi connectivity index (χ4n) is 1.57. The maximum atomic E-state index is 11.2. The number of non-ortho nitro benzene ring substituents is 1. The standard InChI is InChI=1S/C12H8ClN3O4/c13-10-5-8(16(19)20)4-9(12(17)18)11(10)15-7-2-1-3-14-6-7/h1-6,15H,(H,17,18). The normalized spacial score (nSPS) is 10.1. The van der Waals surface area contributed by atoms with Crippen LogP contribution >= 0.6 is 11.6 Å². The Labute approximate surface area is 118 Å². The number of nitrogens with one attached hydrogen (secondary N) is 1. The van der Waals surface area contributed by atoms with Crippen molar-refractivity contribution >= 4 is 34.6 Å². The second-order valence-electron chi connectivity index (χ2n) is 3.78. The number of pyridine rings is 1. The molecule has 2 rings (SSSR count). The van der Waals surface area contributed by atoms with Gasteiger partial charge in [0.1, 0.15) is 0 Å². The molecule has 0 aliphatic rings. The first-order valence-electron chi connectivity index (χ1n) is 5.37. The van der Waals surface area contributed by atoms with Gasteiger partial charge in [0.05, 0.1) is 33.1 Å². The molecule has 0 aliphatic carbocycles. The minimum Gasteiger partial charge on any atom is -0.478 e. The Morgan fingerprint density at radius 3 is 2.75 bits per heavy atom. The summed E-state index contributed by atoms with van der Waals surface area (Å²) in [4.78, 5) is 25.1. The molecule has 0 aliphatic heterocycles. The Bertz CT molecular complexity index is 676. The van der Waals surface area contributed by atoms with Crippen LogP contribution in [0.15, 0.2) is 36.7 Å². The van der Waals surface area contributed by atoms with Crippen molar-refractivity contribution in [3.8, 4) is 0 Å². The summed E-state index contributed by atoms with van der Waals surface area (Å²) in [6, 6.07) is 5.36. The van der Waals surface area contributed by atoms with Crippen LogP contribution in [0, 0.1) is 10.1 Å². The van der Waals surface area contributed by atoms with Crippen molar-refractivity contribution in [1.82, 2.24) is 4.98 Å². The van der Waals surface area contributed by atoms with Crippen LogP contribution in [0.25, 0.3) is 0 Å². The van der Waals surface area contributed by atoms with E-state index in [9.17, 15) is 14.9 Å². The molecule has 0 radical (unpaired) electrons. The fraction of sp³-hybridized carbons (Fsp3) is 0. The highest BCUT2D eigenvalue weighted by Gasteiger charge is 2.20. The summed E-state index contributed by atoms with van der Waals surface area (Å²) in [5.41, 5.74) is -0.0688. The van der Waals surface area contributed by atoms with Crippen molar-refractivity contribution in [2.75, 3.05) is 5.32 Å². The number of carbonyl (C=O) groups is 1. The third-order valence-electron chi connectivity index (χ3n) is 2.45. The number of halogens is 1. The third kappa shape index (κ3) is 2.83. The lowest BCUT2D eigenvalue weighted by Gasteiger charge is -2.11. The van der Waals surface area contributed by atoms with Gasteiger partial charge in [-0.2, -0.15) is 0 Å². The van der Waals surface area contributed by atoms with Gasteiger partial charge in [0.25, 0.3) is 5.69 Å². The van der Waals surface area contributed by atoms with Gasteiger partial charge in [-0.15, -0.1) is 0 Å². The Morgan fingerprint density at radius 2 is 2.20 bits per heavy atom. The molecule has 1 aromatic carbocycles. The molecule has 20 heavy (non-hydrogen) atoms. The van der Waals surface area contributed by atoms with Crippen LogP contribution in [-0.4, -0.2) is 21.0 Å². The maximum Gasteiger partial charge on any atom is 0.338 e. The molecular formula is C12H8ClN3O4. The SMILES string of the molecule is O=C(O)c1cc([N+](=O)[O-])cc(Cl)c1Nc1cccnc1. The maximum absolute atomic E-state index is 11.2. The molecule has 2 aromatic rings. The molecule has 0 saturated carbocycles. The highest BCUT2D eigenvalue weighted by molar-refractivity contribution is 6.34. The zero-order valence-electron chi connectivity index (χ0n) is 9.91. The zero-order chi connectivity index (χ0) is 14.7. The number of hydrogen-bond acceptors (Lipinski definition) is 5. The van der Waals surface area contributed by atoms with E-state index >= 15 is 0 Å². The van der Waals surface area contributed by atoms with Gasteiger partial charge in [0.15, 0.2) is 0 Å². The van der Waals surface area contributed by atoms with Crippen molar-refractivity contribution in [2.24, 2.45) is 0 Å². The van der Waals surface area contributed by atoms with Gasteiger partial charge in [0, 0.05) is 18.3 Å². The number of nitro groups is 1. The second-order valence-corrected chi connectivity index (χ2v) is 4.19. The second kappa shape index (κ2) is 5.54. The number of nitro benzene ring substituents is 1. The number of carboxylic acid groups (broad SMARTS) is 1. The van der Waals surface area contributed by atoms with E-state index in [0.29, 0.717) is 5.69 Å².